The molecule has 1 saturated heterocycles. The van der Waals surface area contributed by atoms with Crippen LogP contribution in [0.5, 0.6) is 0 Å². The molecule has 2 amide bonds. The number of likely N-dealkylation sites (N-methyl/N-ethyl adjacent to an activating group) is 1. The summed E-state index contributed by atoms with van der Waals surface area (Å²) in [6.07, 6.45) is 4.48. The molecule has 2 aromatic carbocycles. The van der Waals surface area contributed by atoms with Crippen molar-refractivity contribution in [3.8, 4) is 0 Å². The van der Waals surface area contributed by atoms with Gasteiger partial charge in [0, 0.05) is 31.8 Å². The minimum Gasteiger partial charge on any atom is -0.335 e. The number of carbonyl (C=O) groups excluding carboxylic acids is 2. The summed E-state index contributed by atoms with van der Waals surface area (Å²) in [5.41, 5.74) is 2.44. The molecular formula is C23H22F2N4O2. The molecule has 160 valence electrons. The van der Waals surface area contributed by atoms with Crippen LogP contribution in [0, 0.1) is 0 Å². The largest absolute Gasteiger partial charge is 0.335 e. The first-order valence-corrected chi connectivity index (χ1v) is 10.0. The van der Waals surface area contributed by atoms with Gasteiger partial charge in [-0.15, -0.1) is 0 Å². The normalized spacial score (nSPS) is 14.3. The van der Waals surface area contributed by atoms with E-state index in [0.29, 0.717) is 17.5 Å². The van der Waals surface area contributed by atoms with E-state index in [4.69, 9.17) is 0 Å². The van der Waals surface area contributed by atoms with Crippen LogP contribution in [0.2, 0.25) is 0 Å². The fourth-order valence-corrected chi connectivity index (χ4v) is 3.70. The van der Waals surface area contributed by atoms with E-state index in [0.717, 1.165) is 28.8 Å². The number of carbonyl (C=O) groups is 2. The fraction of sp³-hybridized carbons (Fsp3) is 0.261. The van der Waals surface area contributed by atoms with Crippen molar-refractivity contribution in [2.24, 2.45) is 0 Å². The van der Waals surface area contributed by atoms with E-state index in [1.165, 1.54) is 11.0 Å². The lowest BCUT2D eigenvalue weighted by Crippen LogP contribution is -2.26. The molecule has 8 heteroatoms. The molecule has 0 saturated carbocycles. The Bertz CT molecular complexity index is 1140. The van der Waals surface area contributed by atoms with E-state index in [1.807, 2.05) is 24.3 Å². The lowest BCUT2D eigenvalue weighted by molar-refractivity contribution is -0.125. The van der Waals surface area contributed by atoms with Crippen molar-refractivity contribution >= 4 is 34.6 Å². The fourth-order valence-electron chi connectivity index (χ4n) is 3.70. The van der Waals surface area contributed by atoms with E-state index in [2.05, 4.69) is 4.98 Å². The van der Waals surface area contributed by atoms with Crippen molar-refractivity contribution in [2.75, 3.05) is 18.5 Å². The molecule has 1 fully saturated rings. The molecule has 0 atom stereocenters. The Morgan fingerprint density at radius 3 is 2.61 bits per heavy atom. The zero-order valence-corrected chi connectivity index (χ0v) is 17.0. The molecule has 31 heavy (non-hydrogen) atoms. The molecule has 0 bridgehead atoms. The standard InChI is InChI=1S/C23H22F2N4O2/c1-27(15-20-26-18-5-2-3-6-19(18)29(20)23(24)25)21(30)13-10-16-8-11-17(12-9-16)28-14-4-7-22(28)31/h2-3,5-6,8-13,23H,4,7,14-15H2,1H3/b13-10+. The van der Waals surface area contributed by atoms with Gasteiger partial charge in [-0.3, -0.25) is 14.2 Å². The second kappa shape index (κ2) is 8.67. The number of hydrogen-bond donors (Lipinski definition) is 0. The molecule has 0 N–H and O–H groups in total. The summed E-state index contributed by atoms with van der Waals surface area (Å²) in [6, 6.07) is 14.0. The number of benzene rings is 2. The first-order valence-electron chi connectivity index (χ1n) is 10.0. The minimum absolute atomic E-state index is 0.0434. The van der Waals surface area contributed by atoms with Crippen molar-refractivity contribution < 1.29 is 18.4 Å². The summed E-state index contributed by atoms with van der Waals surface area (Å²) in [5, 5.41) is 0. The highest BCUT2D eigenvalue weighted by Crippen LogP contribution is 2.24. The number of amides is 2. The number of alkyl halides is 2. The number of rotatable bonds is 6. The Kier molecular flexibility index (Phi) is 5.79. The maximum atomic E-state index is 13.6. The number of hydrogen-bond acceptors (Lipinski definition) is 3. The Labute approximate surface area is 178 Å². The highest BCUT2D eigenvalue weighted by Gasteiger charge is 2.21. The quantitative estimate of drug-likeness (QED) is 0.557. The Morgan fingerprint density at radius 1 is 1.19 bits per heavy atom. The van der Waals surface area contributed by atoms with Crippen LogP contribution in [0.4, 0.5) is 14.5 Å². The van der Waals surface area contributed by atoms with Crippen molar-refractivity contribution in [3.05, 3.63) is 66.0 Å². The van der Waals surface area contributed by atoms with Crippen molar-refractivity contribution in [1.29, 1.82) is 0 Å². The molecule has 0 spiro atoms. The zero-order valence-electron chi connectivity index (χ0n) is 17.0. The first-order chi connectivity index (χ1) is 14.9. The second-order valence-electron chi connectivity index (χ2n) is 7.43. The van der Waals surface area contributed by atoms with Gasteiger partial charge in [0.25, 0.3) is 0 Å². The predicted octanol–water partition coefficient (Wildman–Crippen LogP) is 4.23. The van der Waals surface area contributed by atoms with Gasteiger partial charge in [-0.2, -0.15) is 8.78 Å². The average molecular weight is 424 g/mol. The molecule has 0 aliphatic carbocycles. The summed E-state index contributed by atoms with van der Waals surface area (Å²) in [7, 11) is 1.55. The van der Waals surface area contributed by atoms with Crippen LogP contribution in [-0.2, 0) is 16.1 Å². The molecule has 1 aliphatic heterocycles. The molecule has 0 radical (unpaired) electrons. The molecule has 6 nitrogen and oxygen atoms in total. The van der Waals surface area contributed by atoms with Crippen LogP contribution in [0.1, 0.15) is 30.8 Å². The van der Waals surface area contributed by atoms with Gasteiger partial charge in [-0.05, 0) is 42.3 Å². The molecule has 0 unspecified atom stereocenters. The summed E-state index contributed by atoms with van der Waals surface area (Å²) in [4.78, 5) is 31.7. The number of aromatic nitrogens is 2. The van der Waals surface area contributed by atoms with Crippen LogP contribution >= 0.6 is 0 Å². The average Bonchev–Trinajstić information content (AvgIpc) is 3.35. The lowest BCUT2D eigenvalue weighted by Gasteiger charge is -2.16. The summed E-state index contributed by atoms with van der Waals surface area (Å²) >= 11 is 0. The van der Waals surface area contributed by atoms with Gasteiger partial charge in [-0.25, -0.2) is 4.98 Å². The van der Waals surface area contributed by atoms with Gasteiger partial charge in [0.1, 0.15) is 5.82 Å². The molecule has 4 rings (SSSR count). The van der Waals surface area contributed by atoms with Crippen LogP contribution < -0.4 is 4.90 Å². The van der Waals surface area contributed by atoms with E-state index < -0.39 is 6.55 Å². The number of para-hydroxylation sites is 2. The van der Waals surface area contributed by atoms with Gasteiger partial charge < -0.3 is 9.80 Å². The van der Waals surface area contributed by atoms with Gasteiger partial charge in [-0.1, -0.05) is 24.3 Å². The summed E-state index contributed by atoms with van der Waals surface area (Å²) in [6.45, 7) is -2.07. The highest BCUT2D eigenvalue weighted by molar-refractivity contribution is 5.95. The van der Waals surface area contributed by atoms with Gasteiger partial charge in [0.2, 0.25) is 11.8 Å². The predicted molar refractivity (Wildman–Crippen MR) is 115 cm³/mol. The molecule has 3 aromatic rings. The maximum absolute atomic E-state index is 13.6. The zero-order chi connectivity index (χ0) is 22.0. The molecule has 2 heterocycles. The number of anilines is 1. The van der Waals surface area contributed by atoms with Crippen molar-refractivity contribution in [3.63, 3.8) is 0 Å². The van der Waals surface area contributed by atoms with Crippen LogP contribution in [0.3, 0.4) is 0 Å². The van der Waals surface area contributed by atoms with Crippen LogP contribution in [0.15, 0.2) is 54.6 Å². The Balaban J connectivity index is 1.44. The number of imidazole rings is 1. The van der Waals surface area contributed by atoms with Crippen LogP contribution in [0.25, 0.3) is 17.1 Å². The third-order valence-corrected chi connectivity index (χ3v) is 5.32. The monoisotopic (exact) mass is 424 g/mol. The molecule has 1 aliphatic rings. The van der Waals surface area contributed by atoms with Crippen molar-refractivity contribution in [1.82, 2.24) is 14.5 Å². The maximum Gasteiger partial charge on any atom is 0.320 e. The van der Waals surface area contributed by atoms with Gasteiger partial charge in [0.05, 0.1) is 17.6 Å². The SMILES string of the molecule is CN(Cc1nc2ccccc2n1C(F)F)C(=O)/C=C/c1ccc(N2CCCC2=O)cc1. The van der Waals surface area contributed by atoms with Crippen LogP contribution in [-0.4, -0.2) is 39.9 Å². The van der Waals surface area contributed by atoms with Gasteiger partial charge in [0.15, 0.2) is 0 Å². The second-order valence-corrected chi connectivity index (χ2v) is 7.43. The molecule has 1 aromatic heterocycles. The van der Waals surface area contributed by atoms with Gasteiger partial charge >= 0.3 is 6.55 Å². The third kappa shape index (κ3) is 4.33. The Morgan fingerprint density at radius 2 is 1.94 bits per heavy atom. The van der Waals surface area contributed by atoms with E-state index in [-0.39, 0.29) is 24.2 Å². The topological polar surface area (TPSA) is 58.4 Å². The summed E-state index contributed by atoms with van der Waals surface area (Å²) < 4.78 is 28.0. The minimum atomic E-state index is -2.75. The van der Waals surface area contributed by atoms with E-state index in [1.54, 1.807) is 42.3 Å². The lowest BCUT2D eigenvalue weighted by atomic mass is 10.2. The highest BCUT2D eigenvalue weighted by atomic mass is 19.3. The van der Waals surface area contributed by atoms with E-state index >= 15 is 0 Å². The van der Waals surface area contributed by atoms with Crippen molar-refractivity contribution in [2.45, 2.75) is 25.9 Å². The number of fused-ring (bicyclic) bond motifs is 1. The Hall–Kier alpha value is -3.55. The third-order valence-electron chi connectivity index (χ3n) is 5.32. The first kappa shape index (κ1) is 20.7. The summed E-state index contributed by atoms with van der Waals surface area (Å²) in [5.74, 6) is -0.0818. The molecular weight excluding hydrogens is 402 g/mol. The smallest absolute Gasteiger partial charge is 0.320 e. The number of halogens is 2. The number of nitrogens with zero attached hydrogens (tertiary/aromatic N) is 4. The van der Waals surface area contributed by atoms with E-state index in [9.17, 15) is 18.4 Å².